The molecule has 0 atom stereocenters. The van der Waals surface area contributed by atoms with E-state index >= 15 is 0 Å². The van der Waals surface area contributed by atoms with Crippen molar-refractivity contribution in [1.82, 2.24) is 15.2 Å². The molecule has 2 N–H and O–H groups in total. The molecule has 0 aliphatic rings. The first-order chi connectivity index (χ1) is 10.3. The van der Waals surface area contributed by atoms with Crippen LogP contribution in [-0.2, 0) is 11.3 Å². The Labute approximate surface area is 126 Å². The number of nitrogens with one attached hydrogen (secondary N) is 2. The molecule has 2 aromatic rings. The summed E-state index contributed by atoms with van der Waals surface area (Å²) in [5, 5.41) is 7.80. The number of hydrogen-bond donors (Lipinski definition) is 2. The Morgan fingerprint density at radius 2 is 2.00 bits per heavy atom. The molecule has 0 bridgehead atoms. The Morgan fingerprint density at radius 3 is 2.81 bits per heavy atom. The summed E-state index contributed by atoms with van der Waals surface area (Å²) in [5.41, 5.74) is 1.29. The Balaban J connectivity index is 1.74. The number of hydrogen-bond acceptors (Lipinski definition) is 2. The average Bonchev–Trinajstić information content (AvgIpc) is 2.93. The van der Waals surface area contributed by atoms with Crippen molar-refractivity contribution in [2.24, 2.45) is 4.99 Å². The van der Waals surface area contributed by atoms with Crippen molar-refractivity contribution in [3.63, 3.8) is 0 Å². The molecule has 1 aromatic carbocycles. The van der Waals surface area contributed by atoms with Gasteiger partial charge in [-0.1, -0.05) is 18.2 Å². The molecule has 0 unspecified atom stereocenters. The number of fused-ring (bicyclic) bond motifs is 1. The van der Waals surface area contributed by atoms with Crippen LogP contribution in [0.25, 0.3) is 10.9 Å². The molecule has 21 heavy (non-hydrogen) atoms. The number of nitrogens with zero attached hydrogens (tertiary/aromatic N) is 2. The van der Waals surface area contributed by atoms with Crippen molar-refractivity contribution in [2.75, 3.05) is 33.9 Å². The van der Waals surface area contributed by atoms with Crippen molar-refractivity contribution >= 4 is 16.9 Å². The zero-order valence-electron chi connectivity index (χ0n) is 12.8. The van der Waals surface area contributed by atoms with Gasteiger partial charge in [-0.25, -0.2) is 0 Å². The zero-order valence-corrected chi connectivity index (χ0v) is 12.8. The largest absolute Gasteiger partial charge is 0.383 e. The van der Waals surface area contributed by atoms with Crippen LogP contribution in [-0.4, -0.2) is 44.4 Å². The first-order valence-corrected chi connectivity index (χ1v) is 7.32. The van der Waals surface area contributed by atoms with Gasteiger partial charge >= 0.3 is 0 Å². The van der Waals surface area contributed by atoms with Crippen LogP contribution in [0.5, 0.6) is 0 Å². The SMILES string of the molecule is CN=C(NCCCn1ccc2ccccc21)NCCOC. The summed E-state index contributed by atoms with van der Waals surface area (Å²) in [4.78, 5) is 4.18. The monoisotopic (exact) mass is 288 g/mol. The van der Waals surface area contributed by atoms with Crippen LogP contribution in [0.1, 0.15) is 6.42 Å². The normalized spacial score (nSPS) is 11.8. The highest BCUT2D eigenvalue weighted by Gasteiger charge is 2.00. The number of rotatable bonds is 7. The zero-order chi connectivity index (χ0) is 14.9. The van der Waals surface area contributed by atoms with Crippen molar-refractivity contribution in [3.8, 4) is 0 Å². The van der Waals surface area contributed by atoms with E-state index < -0.39 is 0 Å². The summed E-state index contributed by atoms with van der Waals surface area (Å²) in [6.45, 7) is 3.32. The molecule has 0 radical (unpaired) electrons. The molecule has 0 aliphatic carbocycles. The molecule has 1 heterocycles. The van der Waals surface area contributed by atoms with E-state index in [2.05, 4.69) is 56.7 Å². The lowest BCUT2D eigenvalue weighted by atomic mass is 10.2. The van der Waals surface area contributed by atoms with Gasteiger partial charge in [0.1, 0.15) is 0 Å². The van der Waals surface area contributed by atoms with Crippen molar-refractivity contribution in [2.45, 2.75) is 13.0 Å². The molecule has 0 fully saturated rings. The smallest absolute Gasteiger partial charge is 0.191 e. The number of aliphatic imine (C=N–C) groups is 1. The van der Waals surface area contributed by atoms with Gasteiger partial charge in [-0.3, -0.25) is 4.99 Å². The van der Waals surface area contributed by atoms with Gasteiger partial charge in [0.2, 0.25) is 0 Å². The molecule has 0 saturated carbocycles. The number of aromatic nitrogens is 1. The Morgan fingerprint density at radius 1 is 1.19 bits per heavy atom. The molecule has 5 nitrogen and oxygen atoms in total. The summed E-state index contributed by atoms with van der Waals surface area (Å²) in [5.74, 6) is 0.824. The minimum atomic E-state index is 0.677. The second kappa shape index (κ2) is 8.32. The van der Waals surface area contributed by atoms with Gasteiger partial charge < -0.3 is 19.9 Å². The molecule has 1 aromatic heterocycles. The van der Waals surface area contributed by atoms with Crippen LogP contribution in [0.15, 0.2) is 41.5 Å². The minimum absolute atomic E-state index is 0.677. The van der Waals surface area contributed by atoms with Gasteiger partial charge in [0.05, 0.1) is 6.61 Å². The van der Waals surface area contributed by atoms with Gasteiger partial charge in [-0.05, 0) is 23.9 Å². The predicted molar refractivity (Wildman–Crippen MR) is 87.8 cm³/mol. The van der Waals surface area contributed by atoms with E-state index in [9.17, 15) is 0 Å². The lowest BCUT2D eigenvalue weighted by Crippen LogP contribution is -2.39. The van der Waals surface area contributed by atoms with Gasteiger partial charge in [0.25, 0.3) is 0 Å². The lowest BCUT2D eigenvalue weighted by molar-refractivity contribution is 0.203. The van der Waals surface area contributed by atoms with E-state index in [1.54, 1.807) is 14.2 Å². The summed E-state index contributed by atoms with van der Waals surface area (Å²) in [7, 11) is 3.47. The van der Waals surface area contributed by atoms with Crippen LogP contribution in [0, 0.1) is 0 Å². The number of methoxy groups -OCH3 is 1. The van der Waals surface area contributed by atoms with E-state index in [1.807, 2.05) is 0 Å². The Hall–Kier alpha value is -2.01. The Kier molecular flexibility index (Phi) is 6.09. The van der Waals surface area contributed by atoms with Gasteiger partial charge in [-0.2, -0.15) is 0 Å². The maximum atomic E-state index is 5.00. The highest BCUT2D eigenvalue weighted by atomic mass is 16.5. The first kappa shape index (κ1) is 15.4. The standard InChI is InChI=1S/C16H24N4O/c1-17-16(19-10-13-21-2)18-9-5-11-20-12-8-14-6-3-4-7-15(14)20/h3-4,6-8,12H,5,9-11,13H2,1-2H3,(H2,17,18,19). The van der Waals surface area contributed by atoms with Gasteiger partial charge in [0, 0.05) is 45.5 Å². The second-order valence-electron chi connectivity index (χ2n) is 4.84. The molecule has 0 amide bonds. The maximum Gasteiger partial charge on any atom is 0.191 e. The fraction of sp³-hybridized carbons (Fsp3) is 0.438. The molecular formula is C16H24N4O. The Bertz CT molecular complexity index is 576. The van der Waals surface area contributed by atoms with Crippen molar-refractivity contribution in [1.29, 1.82) is 0 Å². The number of benzene rings is 1. The summed E-state index contributed by atoms with van der Waals surface area (Å²) in [6, 6.07) is 10.6. The van der Waals surface area contributed by atoms with E-state index in [0.717, 1.165) is 32.0 Å². The molecule has 114 valence electrons. The van der Waals surface area contributed by atoms with Crippen molar-refractivity contribution in [3.05, 3.63) is 36.5 Å². The average molecular weight is 288 g/mol. The molecular weight excluding hydrogens is 264 g/mol. The lowest BCUT2D eigenvalue weighted by Gasteiger charge is -2.12. The first-order valence-electron chi connectivity index (χ1n) is 7.32. The third-order valence-electron chi connectivity index (χ3n) is 3.37. The summed E-state index contributed by atoms with van der Waals surface area (Å²) < 4.78 is 7.29. The van der Waals surface area contributed by atoms with Crippen LogP contribution in [0.3, 0.4) is 0 Å². The topological polar surface area (TPSA) is 50.6 Å². The molecule has 2 rings (SSSR count). The van der Waals surface area contributed by atoms with Crippen LogP contribution < -0.4 is 10.6 Å². The third kappa shape index (κ3) is 4.49. The van der Waals surface area contributed by atoms with Gasteiger partial charge in [0.15, 0.2) is 5.96 Å². The molecule has 0 aliphatic heterocycles. The van der Waals surface area contributed by atoms with Gasteiger partial charge in [-0.15, -0.1) is 0 Å². The number of guanidine groups is 1. The van der Waals surface area contributed by atoms with E-state index in [4.69, 9.17) is 4.74 Å². The fourth-order valence-electron chi connectivity index (χ4n) is 2.28. The third-order valence-corrected chi connectivity index (χ3v) is 3.37. The molecule has 5 heteroatoms. The summed E-state index contributed by atoms with van der Waals surface area (Å²) >= 11 is 0. The minimum Gasteiger partial charge on any atom is -0.383 e. The number of para-hydroxylation sites is 1. The van der Waals surface area contributed by atoms with Crippen molar-refractivity contribution < 1.29 is 4.74 Å². The van der Waals surface area contributed by atoms with E-state index in [-0.39, 0.29) is 0 Å². The number of ether oxygens (including phenoxy) is 1. The van der Waals surface area contributed by atoms with Crippen LogP contribution >= 0.6 is 0 Å². The van der Waals surface area contributed by atoms with E-state index in [0.29, 0.717) is 6.61 Å². The fourth-order valence-corrected chi connectivity index (χ4v) is 2.28. The summed E-state index contributed by atoms with van der Waals surface area (Å²) in [6.07, 6.45) is 3.19. The maximum absolute atomic E-state index is 5.00. The predicted octanol–water partition coefficient (Wildman–Crippen LogP) is 1.84. The van der Waals surface area contributed by atoms with E-state index in [1.165, 1.54) is 10.9 Å². The second-order valence-corrected chi connectivity index (χ2v) is 4.84. The highest BCUT2D eigenvalue weighted by Crippen LogP contribution is 2.14. The number of aryl methyl sites for hydroxylation is 1. The quantitative estimate of drug-likeness (QED) is 0.464. The van der Waals surface area contributed by atoms with Crippen LogP contribution in [0.4, 0.5) is 0 Å². The van der Waals surface area contributed by atoms with Crippen LogP contribution in [0.2, 0.25) is 0 Å². The molecule has 0 saturated heterocycles. The molecule has 0 spiro atoms. The highest BCUT2D eigenvalue weighted by molar-refractivity contribution is 5.80.